The predicted molar refractivity (Wildman–Crippen MR) is 135 cm³/mol. The van der Waals surface area contributed by atoms with Crippen LogP contribution in [-0.2, 0) is 33.4 Å². The van der Waals surface area contributed by atoms with Crippen LogP contribution in [-0.4, -0.2) is 76.6 Å². The zero-order valence-corrected chi connectivity index (χ0v) is 21.9. The van der Waals surface area contributed by atoms with E-state index in [1.165, 1.54) is 0 Å². The van der Waals surface area contributed by atoms with E-state index in [0.29, 0.717) is 19.4 Å². The van der Waals surface area contributed by atoms with Crippen molar-refractivity contribution >= 4 is 24.4 Å². The summed E-state index contributed by atoms with van der Waals surface area (Å²) in [7, 11) is 1.66. The first kappa shape index (κ1) is 33.2. The molecule has 204 valence electrons. The molecule has 0 fully saturated rings. The summed E-state index contributed by atoms with van der Waals surface area (Å²) in [6.45, 7) is 3.63. The highest BCUT2D eigenvalue weighted by Crippen LogP contribution is 2.13. The number of aldehydes is 2. The van der Waals surface area contributed by atoms with Crippen LogP contribution in [0, 0.1) is 0 Å². The van der Waals surface area contributed by atoms with Gasteiger partial charge in [0.25, 0.3) is 0 Å². The van der Waals surface area contributed by atoms with Gasteiger partial charge in [-0.2, -0.15) is 0 Å². The van der Waals surface area contributed by atoms with Crippen LogP contribution in [0.4, 0.5) is 0 Å². The second-order valence-corrected chi connectivity index (χ2v) is 8.90. The zero-order chi connectivity index (χ0) is 26.0. The van der Waals surface area contributed by atoms with E-state index in [-0.39, 0.29) is 57.7 Å². The third-order valence-electron chi connectivity index (χ3n) is 5.48. The van der Waals surface area contributed by atoms with Gasteiger partial charge in [-0.3, -0.25) is 9.59 Å². The van der Waals surface area contributed by atoms with Crippen molar-refractivity contribution < 1.29 is 33.4 Å². The minimum Gasteiger partial charge on any atom is -0.379 e. The number of carbonyl (C=O) groups is 4. The normalized spacial score (nSPS) is 11.3. The van der Waals surface area contributed by atoms with Gasteiger partial charge in [-0.05, 0) is 19.3 Å². The van der Waals surface area contributed by atoms with E-state index < -0.39 is 5.54 Å². The Morgan fingerprint density at radius 3 is 1.54 bits per heavy atom. The number of nitrogens with one attached hydrogen (secondary N) is 2. The van der Waals surface area contributed by atoms with E-state index in [2.05, 4.69) is 10.6 Å². The maximum absolute atomic E-state index is 12.7. The van der Waals surface area contributed by atoms with Crippen molar-refractivity contribution in [2.75, 3.05) is 46.7 Å². The molecule has 0 rings (SSSR count). The average molecular weight is 501 g/mol. The Bertz CT molecular complexity index is 542. The van der Waals surface area contributed by atoms with Gasteiger partial charge >= 0.3 is 0 Å². The molecule has 0 aromatic rings. The Balaban J connectivity index is 4.45. The molecule has 0 radical (unpaired) electrons. The van der Waals surface area contributed by atoms with E-state index in [0.717, 1.165) is 70.4 Å². The number of hydrogen-bond donors (Lipinski definition) is 2. The van der Waals surface area contributed by atoms with E-state index >= 15 is 0 Å². The second-order valence-electron chi connectivity index (χ2n) is 8.90. The van der Waals surface area contributed by atoms with Crippen LogP contribution in [0.15, 0.2) is 0 Å². The topological polar surface area (TPSA) is 120 Å². The second kappa shape index (κ2) is 23.9. The largest absolute Gasteiger partial charge is 0.379 e. The molecule has 0 bridgehead atoms. The lowest BCUT2D eigenvalue weighted by Gasteiger charge is -2.34. The van der Waals surface area contributed by atoms with E-state index in [1.807, 2.05) is 6.92 Å². The lowest BCUT2D eigenvalue weighted by atomic mass is 10.0. The molecule has 9 nitrogen and oxygen atoms in total. The van der Waals surface area contributed by atoms with Crippen molar-refractivity contribution in [3.05, 3.63) is 0 Å². The van der Waals surface area contributed by atoms with Gasteiger partial charge in [-0.25, -0.2) is 0 Å². The van der Waals surface area contributed by atoms with Crippen LogP contribution in [0.5, 0.6) is 0 Å². The molecular weight excluding hydrogens is 452 g/mol. The lowest BCUT2D eigenvalue weighted by Crippen LogP contribution is -2.58. The van der Waals surface area contributed by atoms with Gasteiger partial charge in [0.05, 0.1) is 33.0 Å². The number of hydrogen-bond acceptors (Lipinski definition) is 7. The van der Waals surface area contributed by atoms with Crippen molar-refractivity contribution in [2.24, 2.45) is 0 Å². The third-order valence-corrected chi connectivity index (χ3v) is 5.48. The van der Waals surface area contributed by atoms with E-state index in [4.69, 9.17) is 14.2 Å². The molecule has 0 aliphatic rings. The standard InChI is InChI=1S/C26H48N2O7/c1-3-18-33-21-26(22-34-19-12-16-29,23-35-20-13-17-30)28-25(32)15-11-9-7-5-4-6-8-10-14-24(31)27-2/h16-17H,3-15,18-23H2,1-2H3,(H,27,31)(H,28,32). The summed E-state index contributed by atoms with van der Waals surface area (Å²) >= 11 is 0. The molecule has 35 heavy (non-hydrogen) atoms. The molecule has 0 unspecified atom stereocenters. The Hall–Kier alpha value is -1.84. The number of ether oxygens (including phenoxy) is 3. The molecule has 2 N–H and O–H groups in total. The Morgan fingerprint density at radius 1 is 0.686 bits per heavy atom. The summed E-state index contributed by atoms with van der Waals surface area (Å²) in [5.41, 5.74) is -0.868. The SMILES string of the molecule is CCCOCC(COCCC=O)(COCCC=O)NC(=O)CCCCCCCCCCC(=O)NC. The van der Waals surface area contributed by atoms with Gasteiger partial charge in [0, 0.05) is 39.3 Å². The van der Waals surface area contributed by atoms with Crippen molar-refractivity contribution in [3.63, 3.8) is 0 Å². The first-order valence-corrected chi connectivity index (χ1v) is 13.2. The molecule has 0 aromatic heterocycles. The highest BCUT2D eigenvalue weighted by Gasteiger charge is 2.33. The first-order chi connectivity index (χ1) is 17.0. The first-order valence-electron chi connectivity index (χ1n) is 13.2. The van der Waals surface area contributed by atoms with Crippen LogP contribution in [0.1, 0.15) is 90.4 Å². The molecule has 0 saturated carbocycles. The predicted octanol–water partition coefficient (Wildman–Crippen LogP) is 3.13. The third kappa shape index (κ3) is 20.1. The fraction of sp³-hybridized carbons (Fsp3) is 0.846. The summed E-state index contributed by atoms with van der Waals surface area (Å²) in [5, 5.41) is 5.70. The van der Waals surface area contributed by atoms with Crippen molar-refractivity contribution in [1.82, 2.24) is 10.6 Å². The maximum atomic E-state index is 12.7. The average Bonchev–Trinajstić information content (AvgIpc) is 2.85. The quantitative estimate of drug-likeness (QED) is 0.138. The summed E-state index contributed by atoms with van der Waals surface area (Å²) in [4.78, 5) is 45.1. The van der Waals surface area contributed by atoms with Crippen LogP contribution < -0.4 is 10.6 Å². The van der Waals surface area contributed by atoms with Crippen LogP contribution in [0.25, 0.3) is 0 Å². The summed E-state index contributed by atoms with van der Waals surface area (Å²) < 4.78 is 17.0. The van der Waals surface area contributed by atoms with Gasteiger partial charge in [-0.15, -0.1) is 0 Å². The number of amides is 2. The van der Waals surface area contributed by atoms with Crippen LogP contribution in [0.3, 0.4) is 0 Å². The van der Waals surface area contributed by atoms with E-state index in [1.54, 1.807) is 7.05 Å². The summed E-state index contributed by atoms with van der Waals surface area (Å²) in [6.07, 6.45) is 12.3. The minimum absolute atomic E-state index is 0.0859. The van der Waals surface area contributed by atoms with E-state index in [9.17, 15) is 19.2 Å². The summed E-state index contributed by atoms with van der Waals surface area (Å²) in [6, 6.07) is 0. The fourth-order valence-electron chi connectivity index (χ4n) is 3.56. The molecular formula is C26H48N2O7. The molecule has 0 saturated heterocycles. The zero-order valence-electron chi connectivity index (χ0n) is 21.9. The molecule has 2 amide bonds. The molecule has 0 aliphatic carbocycles. The van der Waals surface area contributed by atoms with Gasteiger partial charge in [0.2, 0.25) is 11.8 Å². The molecule has 0 aliphatic heterocycles. The molecule has 0 spiro atoms. The fourth-order valence-corrected chi connectivity index (χ4v) is 3.56. The van der Waals surface area contributed by atoms with Gasteiger partial charge in [0.1, 0.15) is 18.1 Å². The highest BCUT2D eigenvalue weighted by atomic mass is 16.5. The lowest BCUT2D eigenvalue weighted by molar-refractivity contribution is -0.128. The smallest absolute Gasteiger partial charge is 0.220 e. The molecule has 0 aromatic carbocycles. The van der Waals surface area contributed by atoms with Crippen molar-refractivity contribution in [1.29, 1.82) is 0 Å². The van der Waals surface area contributed by atoms with Crippen LogP contribution >= 0.6 is 0 Å². The van der Waals surface area contributed by atoms with Gasteiger partial charge < -0.3 is 34.4 Å². The van der Waals surface area contributed by atoms with Crippen LogP contribution in [0.2, 0.25) is 0 Å². The monoisotopic (exact) mass is 500 g/mol. The van der Waals surface area contributed by atoms with Crippen molar-refractivity contribution in [2.45, 2.75) is 95.9 Å². The Labute approximate surface area is 211 Å². The highest BCUT2D eigenvalue weighted by molar-refractivity contribution is 5.76. The van der Waals surface area contributed by atoms with Gasteiger partial charge in [0.15, 0.2) is 0 Å². The number of rotatable bonds is 26. The molecule has 0 heterocycles. The summed E-state index contributed by atoms with van der Waals surface area (Å²) in [5.74, 6) is 0.0153. The maximum Gasteiger partial charge on any atom is 0.220 e. The van der Waals surface area contributed by atoms with Crippen molar-refractivity contribution in [3.8, 4) is 0 Å². The Kier molecular flexibility index (Phi) is 22.6. The number of unbranched alkanes of at least 4 members (excludes halogenated alkanes) is 7. The van der Waals surface area contributed by atoms with Gasteiger partial charge in [-0.1, -0.05) is 45.4 Å². The number of carbonyl (C=O) groups excluding carboxylic acids is 4. The Morgan fingerprint density at radius 2 is 1.11 bits per heavy atom. The molecule has 9 heteroatoms. The minimum atomic E-state index is -0.868. The molecule has 0 atom stereocenters.